The summed E-state index contributed by atoms with van der Waals surface area (Å²) in [5.74, 6) is 1.51. The minimum absolute atomic E-state index is 0.314. The molecule has 142 valence electrons. The zero-order valence-corrected chi connectivity index (χ0v) is 15.8. The molecule has 1 saturated carbocycles. The third kappa shape index (κ3) is 3.40. The molecule has 2 aliphatic rings. The van der Waals surface area contributed by atoms with Crippen molar-refractivity contribution in [2.24, 2.45) is 17.8 Å². The molecule has 0 bridgehead atoms. The van der Waals surface area contributed by atoms with Crippen LogP contribution in [0.3, 0.4) is 0 Å². The molecule has 4 rings (SSSR count). The third-order valence-corrected chi connectivity index (χ3v) is 5.85. The van der Waals surface area contributed by atoms with Crippen LogP contribution in [0.4, 0.5) is 0 Å². The van der Waals surface area contributed by atoms with Crippen LogP contribution in [0.5, 0.6) is 0 Å². The largest absolute Gasteiger partial charge is 0.463 e. The lowest BCUT2D eigenvalue weighted by atomic mass is 9.86. The van der Waals surface area contributed by atoms with Crippen LogP contribution in [0.2, 0.25) is 0 Å². The summed E-state index contributed by atoms with van der Waals surface area (Å²) >= 11 is 0. The van der Waals surface area contributed by atoms with Gasteiger partial charge >= 0.3 is 5.97 Å². The Morgan fingerprint density at radius 3 is 2.07 bits per heavy atom. The maximum atomic E-state index is 13.5. The lowest BCUT2D eigenvalue weighted by molar-refractivity contribution is -0.169. The zero-order chi connectivity index (χ0) is 18.7. The van der Waals surface area contributed by atoms with Crippen molar-refractivity contribution < 1.29 is 14.3 Å². The maximum absolute atomic E-state index is 13.5. The van der Waals surface area contributed by atoms with E-state index < -0.39 is 5.60 Å². The van der Waals surface area contributed by atoms with Gasteiger partial charge in [-0.3, -0.25) is 0 Å². The van der Waals surface area contributed by atoms with Gasteiger partial charge in [0.2, 0.25) is 5.60 Å². The van der Waals surface area contributed by atoms with Crippen molar-refractivity contribution in [1.29, 1.82) is 0 Å². The molecule has 1 heterocycles. The van der Waals surface area contributed by atoms with E-state index in [0.717, 1.165) is 30.6 Å². The Bertz CT molecular complexity index is 712. The van der Waals surface area contributed by atoms with Gasteiger partial charge in [0, 0.05) is 12.5 Å². The molecular formula is C23H27NO3. The highest BCUT2D eigenvalue weighted by Gasteiger charge is 2.54. The fourth-order valence-corrected chi connectivity index (χ4v) is 4.30. The molecular weight excluding hydrogens is 338 g/mol. The first kappa shape index (κ1) is 18.2. The number of fused-ring (bicyclic) bond motifs is 1. The van der Waals surface area contributed by atoms with E-state index in [0.29, 0.717) is 31.0 Å². The average molecular weight is 365 g/mol. The van der Waals surface area contributed by atoms with Gasteiger partial charge in [0.15, 0.2) is 0 Å². The quantitative estimate of drug-likeness (QED) is 0.729. The second kappa shape index (κ2) is 7.83. The SMILES string of the molecule is CCCOC(C(=O)OCC1C2CNCC21)(c1ccccc1)c1ccccc1. The van der Waals surface area contributed by atoms with E-state index in [9.17, 15) is 4.79 Å². The Kier molecular flexibility index (Phi) is 5.28. The number of hydrogen-bond donors (Lipinski definition) is 1. The minimum atomic E-state index is -1.22. The molecule has 27 heavy (non-hydrogen) atoms. The molecule has 1 aliphatic heterocycles. The molecule has 1 N–H and O–H groups in total. The summed E-state index contributed by atoms with van der Waals surface area (Å²) in [6.45, 7) is 5.10. The van der Waals surface area contributed by atoms with Crippen molar-refractivity contribution in [3.8, 4) is 0 Å². The van der Waals surface area contributed by atoms with Crippen molar-refractivity contribution in [1.82, 2.24) is 5.32 Å². The minimum Gasteiger partial charge on any atom is -0.463 e. The second-order valence-electron chi connectivity index (χ2n) is 7.51. The third-order valence-electron chi connectivity index (χ3n) is 5.85. The van der Waals surface area contributed by atoms with Crippen LogP contribution in [0.25, 0.3) is 0 Å². The monoisotopic (exact) mass is 365 g/mol. The van der Waals surface area contributed by atoms with Gasteiger partial charge in [-0.15, -0.1) is 0 Å². The number of rotatable bonds is 8. The highest BCUT2D eigenvalue weighted by Crippen LogP contribution is 2.49. The topological polar surface area (TPSA) is 47.6 Å². The number of esters is 1. The predicted molar refractivity (Wildman–Crippen MR) is 104 cm³/mol. The number of benzene rings is 2. The number of nitrogens with one attached hydrogen (secondary N) is 1. The summed E-state index contributed by atoms with van der Waals surface area (Å²) in [5.41, 5.74) is 0.403. The molecule has 2 unspecified atom stereocenters. The summed E-state index contributed by atoms with van der Waals surface area (Å²) in [4.78, 5) is 13.5. The summed E-state index contributed by atoms with van der Waals surface area (Å²) < 4.78 is 12.2. The first-order valence-corrected chi connectivity index (χ1v) is 9.90. The van der Waals surface area contributed by atoms with Gasteiger partial charge in [-0.05, 0) is 42.5 Å². The Balaban J connectivity index is 1.64. The first-order chi connectivity index (χ1) is 13.3. The van der Waals surface area contributed by atoms with Crippen LogP contribution >= 0.6 is 0 Å². The molecule has 0 radical (unpaired) electrons. The average Bonchev–Trinajstić information content (AvgIpc) is 3.15. The van der Waals surface area contributed by atoms with Gasteiger partial charge < -0.3 is 14.8 Å². The molecule has 1 aliphatic carbocycles. The number of carbonyl (C=O) groups excluding carboxylic acids is 1. The van der Waals surface area contributed by atoms with Crippen LogP contribution in [0.1, 0.15) is 24.5 Å². The molecule has 1 saturated heterocycles. The molecule has 0 aromatic heterocycles. The fraction of sp³-hybridized carbons (Fsp3) is 0.435. The van der Waals surface area contributed by atoms with E-state index in [1.165, 1.54) is 0 Å². The standard InChI is InChI=1S/C23H27NO3/c1-2-13-27-23(17-9-5-3-6-10-17,18-11-7-4-8-12-18)22(25)26-16-21-19-14-24-15-20(19)21/h3-12,19-21,24H,2,13-16H2,1H3. The molecule has 2 aromatic rings. The number of piperidine rings is 1. The van der Waals surface area contributed by atoms with Crippen molar-refractivity contribution >= 4 is 5.97 Å². The van der Waals surface area contributed by atoms with Gasteiger partial charge in [0.05, 0.1) is 6.61 Å². The predicted octanol–water partition coefficient (Wildman–Crippen LogP) is 3.37. The summed E-state index contributed by atoms with van der Waals surface area (Å²) in [7, 11) is 0. The van der Waals surface area contributed by atoms with Crippen molar-refractivity contribution in [3.05, 3.63) is 71.8 Å². The lowest BCUT2D eigenvalue weighted by Crippen LogP contribution is -2.42. The second-order valence-corrected chi connectivity index (χ2v) is 7.51. The van der Waals surface area contributed by atoms with E-state index in [-0.39, 0.29) is 5.97 Å². The Morgan fingerprint density at radius 2 is 1.56 bits per heavy atom. The zero-order valence-electron chi connectivity index (χ0n) is 15.8. The molecule has 0 spiro atoms. The maximum Gasteiger partial charge on any atom is 0.347 e. The first-order valence-electron chi connectivity index (χ1n) is 9.90. The van der Waals surface area contributed by atoms with Gasteiger partial charge in [0.25, 0.3) is 0 Å². The number of carbonyl (C=O) groups is 1. The van der Waals surface area contributed by atoms with E-state index >= 15 is 0 Å². The summed E-state index contributed by atoms with van der Waals surface area (Å²) in [5, 5.41) is 3.38. The Labute approximate surface area is 160 Å². The Hall–Kier alpha value is -2.17. The molecule has 2 aromatic carbocycles. The molecule has 4 nitrogen and oxygen atoms in total. The van der Waals surface area contributed by atoms with Crippen molar-refractivity contribution in [3.63, 3.8) is 0 Å². The van der Waals surface area contributed by atoms with Crippen molar-refractivity contribution in [2.75, 3.05) is 26.3 Å². The number of hydrogen-bond acceptors (Lipinski definition) is 4. The highest BCUT2D eigenvalue weighted by atomic mass is 16.6. The fourth-order valence-electron chi connectivity index (χ4n) is 4.30. The normalized spacial score (nSPS) is 23.7. The van der Waals surface area contributed by atoms with Crippen LogP contribution in [0, 0.1) is 17.8 Å². The summed E-state index contributed by atoms with van der Waals surface area (Å²) in [6.07, 6.45) is 0.827. The Morgan fingerprint density at radius 1 is 1.00 bits per heavy atom. The van der Waals surface area contributed by atoms with E-state index in [1.54, 1.807) is 0 Å². The van der Waals surface area contributed by atoms with E-state index in [2.05, 4.69) is 5.32 Å². The highest BCUT2D eigenvalue weighted by molar-refractivity contribution is 5.86. The molecule has 0 amide bonds. The van der Waals surface area contributed by atoms with Gasteiger partial charge in [0.1, 0.15) is 0 Å². The van der Waals surface area contributed by atoms with Crippen molar-refractivity contribution in [2.45, 2.75) is 18.9 Å². The van der Waals surface area contributed by atoms with E-state index in [1.807, 2.05) is 67.6 Å². The van der Waals surface area contributed by atoms with Crippen LogP contribution in [-0.2, 0) is 19.9 Å². The van der Waals surface area contributed by atoms with Crippen LogP contribution < -0.4 is 5.32 Å². The molecule has 2 fully saturated rings. The van der Waals surface area contributed by atoms with Crippen LogP contribution in [-0.4, -0.2) is 32.3 Å². The lowest BCUT2D eigenvalue weighted by Gasteiger charge is -2.32. The van der Waals surface area contributed by atoms with Crippen LogP contribution in [0.15, 0.2) is 60.7 Å². The molecule has 2 atom stereocenters. The van der Waals surface area contributed by atoms with E-state index in [4.69, 9.17) is 9.47 Å². The van der Waals surface area contributed by atoms with Gasteiger partial charge in [-0.1, -0.05) is 67.6 Å². The number of ether oxygens (including phenoxy) is 2. The van der Waals surface area contributed by atoms with Gasteiger partial charge in [-0.2, -0.15) is 0 Å². The van der Waals surface area contributed by atoms with Gasteiger partial charge in [-0.25, -0.2) is 4.79 Å². The smallest absolute Gasteiger partial charge is 0.347 e. The molecule has 4 heteroatoms. The summed E-state index contributed by atoms with van der Waals surface area (Å²) in [6, 6.07) is 19.4.